The van der Waals surface area contributed by atoms with Crippen molar-refractivity contribution in [2.75, 3.05) is 0 Å². The van der Waals surface area contributed by atoms with Crippen LogP contribution in [0.1, 0.15) is 51.9 Å². The number of aliphatic carboxylic acids is 2. The predicted molar refractivity (Wildman–Crippen MR) is 83.2 cm³/mol. The highest BCUT2D eigenvalue weighted by atomic mass is 32.1. The third-order valence-corrected chi connectivity index (χ3v) is 3.11. The molecule has 0 saturated heterocycles. The van der Waals surface area contributed by atoms with Crippen molar-refractivity contribution in [1.29, 1.82) is 0 Å². The van der Waals surface area contributed by atoms with Gasteiger partial charge in [-0.05, 0) is 12.8 Å². The van der Waals surface area contributed by atoms with E-state index in [1.54, 1.807) is 0 Å². The summed E-state index contributed by atoms with van der Waals surface area (Å²) in [6.45, 7) is 2.13. The zero-order valence-electron chi connectivity index (χ0n) is 12.3. The molecule has 0 aliphatic heterocycles. The lowest BCUT2D eigenvalue weighted by molar-refractivity contribution is -0.139. The maximum Gasteiger partial charge on any atom is 0.320 e. The summed E-state index contributed by atoms with van der Waals surface area (Å²) < 4.78 is 0. The molecule has 1 amide bonds. The highest BCUT2D eigenvalue weighted by Gasteiger charge is 2.11. The number of carbonyl (C=O) groups is 3. The normalized spacial score (nSPS) is 12.7. The molecule has 0 radical (unpaired) electrons. The number of rotatable bonds is 10. The van der Waals surface area contributed by atoms with E-state index in [0.717, 1.165) is 12.8 Å². The van der Waals surface area contributed by atoms with E-state index in [9.17, 15) is 14.4 Å². The minimum atomic E-state index is -1.11. The minimum absolute atomic E-state index is 0.0213. The Morgan fingerprint density at radius 1 is 1.05 bits per heavy atom. The van der Waals surface area contributed by atoms with Gasteiger partial charge in [0.15, 0.2) is 0 Å². The monoisotopic (exact) mass is 322 g/mol. The Balaban J connectivity index is 0. The van der Waals surface area contributed by atoms with Crippen LogP contribution in [0.25, 0.3) is 0 Å². The quantitative estimate of drug-likeness (QED) is 0.300. The average Bonchev–Trinajstić information content (AvgIpc) is 2.41. The summed E-state index contributed by atoms with van der Waals surface area (Å²) in [7, 11) is 0. The van der Waals surface area contributed by atoms with Gasteiger partial charge in [0.1, 0.15) is 6.04 Å². The maximum atomic E-state index is 10.3. The Morgan fingerprint density at radius 2 is 1.62 bits per heavy atom. The van der Waals surface area contributed by atoms with Crippen molar-refractivity contribution >= 4 is 30.5 Å². The molecule has 124 valence electrons. The van der Waals surface area contributed by atoms with Crippen molar-refractivity contribution in [2.45, 2.75) is 63.2 Å². The summed E-state index contributed by atoms with van der Waals surface area (Å²) >= 11 is 3.93. The van der Waals surface area contributed by atoms with Gasteiger partial charge in [0, 0.05) is 6.42 Å². The molecule has 0 fully saturated rings. The molecule has 0 saturated carbocycles. The second-order valence-electron chi connectivity index (χ2n) is 4.65. The Kier molecular flexibility index (Phi) is 14.3. The highest BCUT2D eigenvalue weighted by Crippen LogP contribution is 2.09. The number of nitrogens with two attached hydrogens (primary N) is 2. The van der Waals surface area contributed by atoms with Crippen LogP contribution in [0.4, 0.5) is 0 Å². The second-order valence-corrected chi connectivity index (χ2v) is 5.28. The van der Waals surface area contributed by atoms with Crippen molar-refractivity contribution in [3.05, 3.63) is 0 Å². The Hall–Kier alpha value is -1.28. The smallest absolute Gasteiger partial charge is 0.320 e. The summed E-state index contributed by atoms with van der Waals surface area (Å²) in [4.78, 5) is 30.4. The molecular weight excluding hydrogens is 296 g/mol. The van der Waals surface area contributed by atoms with Gasteiger partial charge in [-0.25, -0.2) is 0 Å². The molecule has 8 heteroatoms. The summed E-state index contributed by atoms with van der Waals surface area (Å²) in [5.74, 6) is -2.44. The number of carboxylic acid groups (broad SMARTS) is 2. The fourth-order valence-electron chi connectivity index (χ4n) is 1.31. The number of hydrogen-bond donors (Lipinski definition) is 5. The van der Waals surface area contributed by atoms with Crippen LogP contribution < -0.4 is 11.5 Å². The third kappa shape index (κ3) is 16.7. The van der Waals surface area contributed by atoms with Crippen LogP contribution in [0.3, 0.4) is 0 Å². The first-order chi connectivity index (χ1) is 9.72. The first kappa shape index (κ1) is 22.0. The topological polar surface area (TPSA) is 144 Å². The molecule has 0 aromatic carbocycles. The van der Waals surface area contributed by atoms with Crippen LogP contribution in [0.5, 0.6) is 0 Å². The third-order valence-electron chi connectivity index (χ3n) is 2.64. The first-order valence-corrected chi connectivity index (χ1v) is 7.41. The van der Waals surface area contributed by atoms with E-state index in [4.69, 9.17) is 21.7 Å². The van der Waals surface area contributed by atoms with Gasteiger partial charge < -0.3 is 21.7 Å². The summed E-state index contributed by atoms with van der Waals surface area (Å²) in [6.07, 6.45) is 5.30. The van der Waals surface area contributed by atoms with Gasteiger partial charge >= 0.3 is 11.9 Å². The Morgan fingerprint density at radius 3 is 2.00 bits per heavy atom. The molecule has 21 heavy (non-hydrogen) atoms. The van der Waals surface area contributed by atoms with E-state index < -0.39 is 29.1 Å². The van der Waals surface area contributed by atoms with Gasteiger partial charge in [-0.15, -0.1) is 0 Å². The standard InChI is InChI=1S/C8H16O2S.C5H10N2O3/c1-2-3-4-5-6-7(11)8(9)10;6-3(5(9)10)1-2-4(7)8/h7,11H,2-6H2,1H3,(H,9,10);3H,1-2,6H2,(H2,7,8)(H,9,10)/t;3-/m.0/s1. The molecule has 0 rings (SSSR count). The zero-order chi connectivity index (χ0) is 16.8. The van der Waals surface area contributed by atoms with Gasteiger partial charge in [-0.3, -0.25) is 14.4 Å². The van der Waals surface area contributed by atoms with E-state index >= 15 is 0 Å². The molecule has 0 aromatic heterocycles. The zero-order valence-corrected chi connectivity index (χ0v) is 13.2. The Bertz CT molecular complexity index is 326. The van der Waals surface area contributed by atoms with Gasteiger partial charge in [0.05, 0.1) is 5.25 Å². The van der Waals surface area contributed by atoms with E-state index in [1.165, 1.54) is 12.8 Å². The molecule has 0 heterocycles. The lowest BCUT2D eigenvalue weighted by Crippen LogP contribution is -2.31. The molecular formula is C13H26N2O5S. The van der Waals surface area contributed by atoms with Gasteiger partial charge in [0.25, 0.3) is 0 Å². The number of unbranched alkanes of at least 4 members (excludes halogenated alkanes) is 3. The van der Waals surface area contributed by atoms with Crippen LogP contribution in [0.2, 0.25) is 0 Å². The van der Waals surface area contributed by atoms with Crippen LogP contribution >= 0.6 is 12.6 Å². The van der Waals surface area contributed by atoms with Crippen molar-refractivity contribution in [3.8, 4) is 0 Å². The molecule has 0 bridgehead atoms. The molecule has 6 N–H and O–H groups in total. The molecule has 0 aromatic rings. The van der Waals surface area contributed by atoms with Crippen molar-refractivity contribution in [2.24, 2.45) is 11.5 Å². The predicted octanol–water partition coefficient (Wildman–Crippen LogP) is 1.00. The summed E-state index contributed by atoms with van der Waals surface area (Å²) in [6, 6.07) is -0.979. The fraction of sp³-hybridized carbons (Fsp3) is 0.769. The number of thiol groups is 1. The van der Waals surface area contributed by atoms with E-state index in [1.807, 2.05) is 0 Å². The second kappa shape index (κ2) is 13.7. The molecule has 2 atom stereocenters. The van der Waals surface area contributed by atoms with Crippen molar-refractivity contribution in [3.63, 3.8) is 0 Å². The number of amides is 1. The number of hydrogen-bond acceptors (Lipinski definition) is 5. The van der Waals surface area contributed by atoms with Crippen molar-refractivity contribution < 1.29 is 24.6 Å². The van der Waals surface area contributed by atoms with Crippen molar-refractivity contribution in [1.82, 2.24) is 0 Å². The highest BCUT2D eigenvalue weighted by molar-refractivity contribution is 7.81. The SMILES string of the molecule is CCCCCCC(S)C(=O)O.NC(=O)CC[C@H](N)C(=O)O. The largest absolute Gasteiger partial charge is 0.480 e. The molecule has 7 nitrogen and oxygen atoms in total. The Labute approximate surface area is 130 Å². The van der Waals surface area contributed by atoms with E-state index in [0.29, 0.717) is 6.42 Å². The molecule has 1 unspecified atom stereocenters. The summed E-state index contributed by atoms with van der Waals surface area (Å²) in [5.41, 5.74) is 9.81. The number of carbonyl (C=O) groups excluding carboxylic acids is 1. The fourth-order valence-corrected chi connectivity index (χ4v) is 1.49. The number of carboxylic acids is 2. The lowest BCUT2D eigenvalue weighted by Gasteiger charge is -2.03. The van der Waals surface area contributed by atoms with Crippen LogP contribution in [-0.2, 0) is 14.4 Å². The van der Waals surface area contributed by atoms with Gasteiger partial charge in [-0.1, -0.05) is 32.6 Å². The molecule has 0 aliphatic carbocycles. The molecule has 0 aliphatic rings. The minimum Gasteiger partial charge on any atom is -0.480 e. The van der Waals surface area contributed by atoms with E-state index in [2.05, 4.69) is 19.6 Å². The maximum absolute atomic E-state index is 10.3. The average molecular weight is 322 g/mol. The van der Waals surface area contributed by atoms with Crippen LogP contribution in [0.15, 0.2) is 0 Å². The lowest BCUT2D eigenvalue weighted by atomic mass is 10.1. The first-order valence-electron chi connectivity index (χ1n) is 6.89. The number of primary amides is 1. The van der Waals surface area contributed by atoms with Gasteiger partial charge in [-0.2, -0.15) is 12.6 Å². The van der Waals surface area contributed by atoms with Crippen LogP contribution in [0, 0.1) is 0 Å². The van der Waals surface area contributed by atoms with E-state index in [-0.39, 0.29) is 12.8 Å². The summed E-state index contributed by atoms with van der Waals surface area (Å²) in [5, 5.41) is 16.2. The molecule has 0 spiro atoms. The van der Waals surface area contributed by atoms with Gasteiger partial charge in [0.2, 0.25) is 5.91 Å². The van der Waals surface area contributed by atoms with Crippen LogP contribution in [-0.4, -0.2) is 39.4 Å².